The molecule has 1 atom stereocenters. The lowest BCUT2D eigenvalue weighted by atomic mass is 9.95. The van der Waals surface area contributed by atoms with Crippen molar-refractivity contribution in [1.29, 1.82) is 0 Å². The minimum atomic E-state index is -4.00. The molecule has 2 aromatic carbocycles. The summed E-state index contributed by atoms with van der Waals surface area (Å²) in [6.45, 7) is 1.52. The predicted octanol–water partition coefficient (Wildman–Crippen LogP) is 3.26. The van der Waals surface area contributed by atoms with E-state index in [4.69, 9.17) is 16.3 Å². The maximum atomic E-state index is 13.8. The van der Waals surface area contributed by atoms with E-state index in [1.54, 1.807) is 6.92 Å². The second kappa shape index (κ2) is 9.03. The predicted molar refractivity (Wildman–Crippen MR) is 108 cm³/mol. The first-order chi connectivity index (χ1) is 14.6. The molecule has 164 valence electrons. The summed E-state index contributed by atoms with van der Waals surface area (Å²) in [7, 11) is -4.00. The van der Waals surface area contributed by atoms with Crippen molar-refractivity contribution in [2.45, 2.75) is 17.9 Å². The van der Waals surface area contributed by atoms with Crippen LogP contribution in [0.15, 0.2) is 58.6 Å². The number of esters is 1. The molecular weight excluding hydrogens is 454 g/mol. The number of nitrogens with one attached hydrogen (secondary N) is 2. The molecule has 31 heavy (non-hydrogen) atoms. The Morgan fingerprint density at radius 1 is 1.13 bits per heavy atom. The first-order valence-electron chi connectivity index (χ1n) is 9.03. The Morgan fingerprint density at radius 3 is 2.42 bits per heavy atom. The maximum absolute atomic E-state index is 13.8. The van der Waals surface area contributed by atoms with Gasteiger partial charge in [-0.25, -0.2) is 26.8 Å². The molecule has 0 saturated carbocycles. The quantitative estimate of drug-likeness (QED) is 0.631. The number of halogens is 3. The van der Waals surface area contributed by atoms with E-state index >= 15 is 0 Å². The maximum Gasteiger partial charge on any atom is 0.338 e. The van der Waals surface area contributed by atoms with Crippen molar-refractivity contribution in [3.05, 3.63) is 76.0 Å². The number of urea groups is 1. The van der Waals surface area contributed by atoms with Gasteiger partial charge in [0.1, 0.15) is 0 Å². The van der Waals surface area contributed by atoms with Gasteiger partial charge < -0.3 is 15.4 Å². The van der Waals surface area contributed by atoms with Crippen molar-refractivity contribution in [2.75, 3.05) is 12.4 Å². The normalized spacial score (nSPS) is 16.5. The van der Waals surface area contributed by atoms with Gasteiger partial charge in [-0.05, 0) is 48.9 Å². The van der Waals surface area contributed by atoms with Crippen molar-refractivity contribution in [3.8, 4) is 0 Å². The van der Waals surface area contributed by atoms with E-state index in [1.807, 2.05) is 0 Å². The number of carbonyl (C=O) groups is 2. The number of carbonyl (C=O) groups excluding carboxylic acids is 2. The van der Waals surface area contributed by atoms with Crippen molar-refractivity contribution >= 4 is 33.4 Å². The van der Waals surface area contributed by atoms with Crippen LogP contribution < -0.4 is 10.6 Å². The fourth-order valence-corrected chi connectivity index (χ4v) is 4.49. The Hall–Kier alpha value is -2.98. The molecule has 0 saturated heterocycles. The van der Waals surface area contributed by atoms with Crippen molar-refractivity contribution in [3.63, 3.8) is 0 Å². The lowest BCUT2D eigenvalue weighted by Gasteiger charge is -2.29. The van der Waals surface area contributed by atoms with E-state index < -0.39 is 45.3 Å². The topological polar surface area (TPSA) is 102 Å². The summed E-state index contributed by atoms with van der Waals surface area (Å²) in [6, 6.07) is 6.12. The Bertz CT molecular complexity index is 1170. The molecule has 0 radical (unpaired) electrons. The van der Waals surface area contributed by atoms with Gasteiger partial charge in [-0.3, -0.25) is 0 Å². The highest BCUT2D eigenvalue weighted by atomic mass is 35.5. The molecule has 3 rings (SSSR count). The second-order valence-electron chi connectivity index (χ2n) is 6.53. The van der Waals surface area contributed by atoms with Gasteiger partial charge in [0.25, 0.3) is 0 Å². The monoisotopic (exact) mass is 470 g/mol. The van der Waals surface area contributed by atoms with Crippen LogP contribution in [0.3, 0.4) is 0 Å². The minimum absolute atomic E-state index is 0.0298. The summed E-state index contributed by atoms with van der Waals surface area (Å²) < 4.78 is 57.9. The Labute approximate surface area is 182 Å². The lowest BCUT2D eigenvalue weighted by Crippen LogP contribution is -2.47. The molecular formula is C20H17ClF2N2O5S. The van der Waals surface area contributed by atoms with Gasteiger partial charge in [-0.2, -0.15) is 0 Å². The standard InChI is InChI=1S/C20H17ClF2N2O5S/c1-2-30-19(26)17-16(10-31(28,29)13-6-4-12(21)5-7-13)24-20(27)25-18(17)11-3-8-14(22)15(23)9-11/h3-9,18H,2,10H2,1H3,(H2,24,25,27)/t18-/m0/s1. The Balaban J connectivity index is 2.11. The summed E-state index contributed by atoms with van der Waals surface area (Å²) in [6.07, 6.45) is 0. The van der Waals surface area contributed by atoms with Gasteiger partial charge in [0, 0.05) is 10.7 Å². The summed E-state index contributed by atoms with van der Waals surface area (Å²) >= 11 is 5.80. The van der Waals surface area contributed by atoms with Gasteiger partial charge in [0.15, 0.2) is 21.5 Å². The zero-order valence-electron chi connectivity index (χ0n) is 16.1. The van der Waals surface area contributed by atoms with E-state index in [9.17, 15) is 26.8 Å². The van der Waals surface area contributed by atoms with Gasteiger partial charge in [-0.1, -0.05) is 17.7 Å². The number of hydrogen-bond acceptors (Lipinski definition) is 5. The second-order valence-corrected chi connectivity index (χ2v) is 8.96. The van der Waals surface area contributed by atoms with Gasteiger partial charge in [0.2, 0.25) is 0 Å². The minimum Gasteiger partial charge on any atom is -0.463 e. The zero-order valence-corrected chi connectivity index (χ0v) is 17.7. The lowest BCUT2D eigenvalue weighted by molar-refractivity contribution is -0.139. The third-order valence-electron chi connectivity index (χ3n) is 4.43. The first-order valence-corrected chi connectivity index (χ1v) is 11.1. The number of benzene rings is 2. The number of hydrogen-bond donors (Lipinski definition) is 2. The van der Waals surface area contributed by atoms with Gasteiger partial charge in [-0.15, -0.1) is 0 Å². The van der Waals surface area contributed by atoms with E-state index in [0.717, 1.165) is 12.1 Å². The van der Waals surface area contributed by atoms with Crippen LogP contribution in [0.25, 0.3) is 0 Å². The molecule has 1 heterocycles. The van der Waals surface area contributed by atoms with Crippen LogP contribution in [0.4, 0.5) is 13.6 Å². The van der Waals surface area contributed by atoms with Gasteiger partial charge in [0.05, 0.1) is 28.9 Å². The average Bonchev–Trinajstić information content (AvgIpc) is 2.69. The summed E-state index contributed by atoms with van der Waals surface area (Å²) in [5, 5.41) is 5.08. The molecule has 2 N–H and O–H groups in total. The van der Waals surface area contributed by atoms with Crippen LogP contribution in [0.2, 0.25) is 5.02 Å². The van der Waals surface area contributed by atoms with Crippen LogP contribution in [0, 0.1) is 11.6 Å². The molecule has 1 aliphatic heterocycles. The highest BCUT2D eigenvalue weighted by molar-refractivity contribution is 7.91. The summed E-state index contributed by atoms with van der Waals surface area (Å²) in [5.41, 5.74) is -0.421. The summed E-state index contributed by atoms with van der Waals surface area (Å²) in [5.74, 6) is -3.96. The average molecular weight is 471 g/mol. The molecule has 7 nitrogen and oxygen atoms in total. The number of sulfone groups is 1. The number of ether oxygens (including phenoxy) is 1. The molecule has 0 aromatic heterocycles. The van der Waals surface area contributed by atoms with E-state index in [1.165, 1.54) is 30.3 Å². The van der Waals surface area contributed by atoms with E-state index in [-0.39, 0.29) is 28.3 Å². The highest BCUT2D eigenvalue weighted by Crippen LogP contribution is 2.30. The van der Waals surface area contributed by atoms with Crippen molar-refractivity contribution < 1.29 is 31.5 Å². The molecule has 0 unspecified atom stereocenters. The molecule has 11 heteroatoms. The van der Waals surface area contributed by atoms with Crippen LogP contribution >= 0.6 is 11.6 Å². The van der Waals surface area contributed by atoms with Gasteiger partial charge >= 0.3 is 12.0 Å². The van der Waals surface area contributed by atoms with Crippen LogP contribution in [0.1, 0.15) is 18.5 Å². The number of amides is 2. The largest absolute Gasteiger partial charge is 0.463 e. The highest BCUT2D eigenvalue weighted by Gasteiger charge is 2.36. The van der Waals surface area contributed by atoms with Crippen LogP contribution in [0.5, 0.6) is 0 Å². The molecule has 0 fully saturated rings. The van der Waals surface area contributed by atoms with Crippen molar-refractivity contribution in [2.24, 2.45) is 0 Å². The molecule has 0 bridgehead atoms. The fourth-order valence-electron chi connectivity index (χ4n) is 3.04. The Kier molecular flexibility index (Phi) is 6.61. The SMILES string of the molecule is CCOC(=O)C1=C(CS(=O)(=O)c2ccc(Cl)cc2)NC(=O)N[C@H]1c1ccc(F)c(F)c1. The first kappa shape index (κ1) is 22.7. The summed E-state index contributed by atoms with van der Waals surface area (Å²) in [4.78, 5) is 24.8. The Morgan fingerprint density at radius 2 is 1.81 bits per heavy atom. The smallest absolute Gasteiger partial charge is 0.338 e. The number of rotatable bonds is 6. The molecule has 1 aliphatic rings. The third-order valence-corrected chi connectivity index (χ3v) is 6.34. The zero-order chi connectivity index (χ0) is 22.8. The van der Waals surface area contributed by atoms with E-state index in [2.05, 4.69) is 10.6 Å². The molecule has 0 spiro atoms. The fraction of sp³-hybridized carbons (Fsp3) is 0.200. The van der Waals surface area contributed by atoms with Crippen LogP contribution in [-0.4, -0.2) is 32.8 Å². The van der Waals surface area contributed by atoms with E-state index in [0.29, 0.717) is 5.02 Å². The third kappa shape index (κ3) is 5.02. The molecule has 0 aliphatic carbocycles. The van der Waals surface area contributed by atoms with Crippen LogP contribution in [-0.2, 0) is 19.4 Å². The van der Waals surface area contributed by atoms with Crippen molar-refractivity contribution in [1.82, 2.24) is 10.6 Å². The molecule has 2 amide bonds. The molecule has 2 aromatic rings.